The standard InChI is InChI=1S/C13H15FN2O/c1-9(2)16-7-10-3-4-13(17-10)11-5-6-15-8-12(11)14/h3-6,8-9,16H,7H2,1-2H3. The van der Waals surface area contributed by atoms with Crippen molar-refractivity contribution in [2.75, 3.05) is 0 Å². The average molecular weight is 234 g/mol. The molecule has 0 spiro atoms. The van der Waals surface area contributed by atoms with Crippen molar-refractivity contribution in [2.45, 2.75) is 26.4 Å². The van der Waals surface area contributed by atoms with Gasteiger partial charge in [0.25, 0.3) is 0 Å². The van der Waals surface area contributed by atoms with Crippen molar-refractivity contribution in [2.24, 2.45) is 0 Å². The molecule has 0 bridgehead atoms. The first-order valence-electron chi connectivity index (χ1n) is 5.59. The van der Waals surface area contributed by atoms with Crippen molar-refractivity contribution in [3.8, 4) is 11.3 Å². The van der Waals surface area contributed by atoms with Gasteiger partial charge in [0.05, 0.1) is 18.3 Å². The van der Waals surface area contributed by atoms with Crippen LogP contribution in [0, 0.1) is 5.82 Å². The Labute approximate surface area is 99.7 Å². The van der Waals surface area contributed by atoms with E-state index in [-0.39, 0.29) is 5.82 Å². The minimum atomic E-state index is -0.370. The van der Waals surface area contributed by atoms with E-state index in [0.29, 0.717) is 23.9 Å². The number of halogens is 1. The molecule has 2 heterocycles. The van der Waals surface area contributed by atoms with Gasteiger partial charge in [0.15, 0.2) is 5.82 Å². The summed E-state index contributed by atoms with van der Waals surface area (Å²) in [5.41, 5.74) is 0.441. The van der Waals surface area contributed by atoms with Crippen LogP contribution in [0.4, 0.5) is 4.39 Å². The molecule has 2 aromatic rings. The Morgan fingerprint density at radius 2 is 2.18 bits per heavy atom. The molecule has 0 saturated heterocycles. The number of pyridine rings is 1. The monoisotopic (exact) mass is 234 g/mol. The Balaban J connectivity index is 2.16. The predicted molar refractivity (Wildman–Crippen MR) is 63.9 cm³/mol. The summed E-state index contributed by atoms with van der Waals surface area (Å²) in [4.78, 5) is 3.71. The molecule has 2 aromatic heterocycles. The molecular weight excluding hydrogens is 219 g/mol. The Kier molecular flexibility index (Phi) is 3.54. The first-order chi connectivity index (χ1) is 8.16. The number of nitrogens with one attached hydrogen (secondary N) is 1. The van der Waals surface area contributed by atoms with Crippen LogP contribution in [0.2, 0.25) is 0 Å². The summed E-state index contributed by atoms with van der Waals surface area (Å²) in [6.45, 7) is 4.77. The first kappa shape index (κ1) is 11.8. The van der Waals surface area contributed by atoms with E-state index in [1.807, 2.05) is 6.07 Å². The van der Waals surface area contributed by atoms with E-state index in [2.05, 4.69) is 24.1 Å². The molecule has 2 rings (SSSR count). The molecule has 0 amide bonds. The molecule has 0 unspecified atom stereocenters. The molecule has 0 fully saturated rings. The van der Waals surface area contributed by atoms with E-state index >= 15 is 0 Å². The number of aromatic nitrogens is 1. The van der Waals surface area contributed by atoms with E-state index < -0.39 is 0 Å². The highest BCUT2D eigenvalue weighted by Gasteiger charge is 2.09. The van der Waals surface area contributed by atoms with Gasteiger partial charge < -0.3 is 9.73 Å². The molecule has 0 aliphatic rings. The van der Waals surface area contributed by atoms with Crippen LogP contribution >= 0.6 is 0 Å². The fraction of sp³-hybridized carbons (Fsp3) is 0.308. The zero-order chi connectivity index (χ0) is 12.3. The van der Waals surface area contributed by atoms with Gasteiger partial charge in [-0.2, -0.15) is 0 Å². The van der Waals surface area contributed by atoms with E-state index in [1.165, 1.54) is 6.20 Å². The lowest BCUT2D eigenvalue weighted by Crippen LogP contribution is -2.21. The average Bonchev–Trinajstić information content (AvgIpc) is 2.75. The minimum Gasteiger partial charge on any atom is -0.460 e. The fourth-order valence-electron chi connectivity index (χ4n) is 1.50. The van der Waals surface area contributed by atoms with Crippen LogP contribution in [0.25, 0.3) is 11.3 Å². The SMILES string of the molecule is CC(C)NCc1ccc(-c2ccncc2F)o1. The highest BCUT2D eigenvalue weighted by Crippen LogP contribution is 2.24. The second-order valence-corrected chi connectivity index (χ2v) is 4.16. The molecule has 0 aliphatic carbocycles. The molecule has 1 N–H and O–H groups in total. The van der Waals surface area contributed by atoms with Crippen molar-refractivity contribution >= 4 is 0 Å². The summed E-state index contributed by atoms with van der Waals surface area (Å²) < 4.78 is 19.0. The van der Waals surface area contributed by atoms with Crippen LogP contribution in [-0.4, -0.2) is 11.0 Å². The van der Waals surface area contributed by atoms with Crippen molar-refractivity contribution in [1.29, 1.82) is 0 Å². The highest BCUT2D eigenvalue weighted by molar-refractivity contribution is 5.57. The predicted octanol–water partition coefficient (Wildman–Crippen LogP) is 2.98. The number of rotatable bonds is 4. The summed E-state index contributed by atoms with van der Waals surface area (Å²) in [7, 11) is 0. The molecular formula is C13H15FN2O. The van der Waals surface area contributed by atoms with Gasteiger partial charge in [-0.05, 0) is 18.2 Å². The van der Waals surface area contributed by atoms with Gasteiger partial charge in [-0.3, -0.25) is 4.98 Å². The van der Waals surface area contributed by atoms with Crippen molar-refractivity contribution in [3.63, 3.8) is 0 Å². The van der Waals surface area contributed by atoms with Crippen molar-refractivity contribution in [1.82, 2.24) is 10.3 Å². The van der Waals surface area contributed by atoms with Crippen LogP contribution in [-0.2, 0) is 6.54 Å². The van der Waals surface area contributed by atoms with Crippen molar-refractivity contribution in [3.05, 3.63) is 42.2 Å². The van der Waals surface area contributed by atoms with Gasteiger partial charge in [-0.15, -0.1) is 0 Å². The molecule has 0 atom stereocenters. The van der Waals surface area contributed by atoms with E-state index in [4.69, 9.17) is 4.42 Å². The quantitative estimate of drug-likeness (QED) is 0.883. The molecule has 17 heavy (non-hydrogen) atoms. The summed E-state index contributed by atoms with van der Waals surface area (Å²) in [5, 5.41) is 3.24. The van der Waals surface area contributed by atoms with Crippen LogP contribution in [0.3, 0.4) is 0 Å². The lowest BCUT2D eigenvalue weighted by Gasteiger charge is -2.05. The molecule has 0 aliphatic heterocycles. The van der Waals surface area contributed by atoms with E-state index in [0.717, 1.165) is 5.76 Å². The van der Waals surface area contributed by atoms with Gasteiger partial charge in [0, 0.05) is 12.2 Å². The number of nitrogens with zero attached hydrogens (tertiary/aromatic N) is 1. The number of hydrogen-bond donors (Lipinski definition) is 1. The Morgan fingerprint density at radius 1 is 1.35 bits per heavy atom. The van der Waals surface area contributed by atoms with Crippen LogP contribution in [0.1, 0.15) is 19.6 Å². The molecule has 0 radical (unpaired) electrons. The van der Waals surface area contributed by atoms with Crippen LogP contribution < -0.4 is 5.32 Å². The van der Waals surface area contributed by atoms with Gasteiger partial charge in [0.1, 0.15) is 11.5 Å². The van der Waals surface area contributed by atoms with Gasteiger partial charge in [-0.1, -0.05) is 13.8 Å². The largest absolute Gasteiger partial charge is 0.460 e. The van der Waals surface area contributed by atoms with Gasteiger partial charge in [-0.25, -0.2) is 4.39 Å². The highest BCUT2D eigenvalue weighted by atomic mass is 19.1. The third kappa shape index (κ3) is 2.91. The van der Waals surface area contributed by atoms with Gasteiger partial charge >= 0.3 is 0 Å². The maximum atomic E-state index is 13.5. The van der Waals surface area contributed by atoms with Gasteiger partial charge in [0.2, 0.25) is 0 Å². The fourth-order valence-corrected chi connectivity index (χ4v) is 1.50. The summed E-state index contributed by atoms with van der Waals surface area (Å²) >= 11 is 0. The number of furan rings is 1. The maximum Gasteiger partial charge on any atom is 0.152 e. The summed E-state index contributed by atoms with van der Waals surface area (Å²) in [5.74, 6) is 0.959. The van der Waals surface area contributed by atoms with E-state index in [9.17, 15) is 4.39 Å². The third-order valence-electron chi connectivity index (χ3n) is 2.38. The minimum absolute atomic E-state index is 0.370. The lowest BCUT2D eigenvalue weighted by atomic mass is 10.2. The maximum absolute atomic E-state index is 13.5. The molecule has 0 aromatic carbocycles. The Bertz CT molecular complexity index is 494. The normalized spacial score (nSPS) is 11.1. The van der Waals surface area contributed by atoms with Crippen molar-refractivity contribution < 1.29 is 8.81 Å². The second kappa shape index (κ2) is 5.10. The van der Waals surface area contributed by atoms with E-state index in [1.54, 1.807) is 18.3 Å². The smallest absolute Gasteiger partial charge is 0.152 e. The first-order valence-corrected chi connectivity index (χ1v) is 5.59. The summed E-state index contributed by atoms with van der Waals surface area (Å²) in [6.07, 6.45) is 2.73. The Morgan fingerprint density at radius 3 is 2.88 bits per heavy atom. The van der Waals surface area contributed by atoms with Crippen LogP contribution in [0.15, 0.2) is 35.0 Å². The lowest BCUT2D eigenvalue weighted by molar-refractivity contribution is 0.471. The zero-order valence-corrected chi connectivity index (χ0v) is 9.90. The molecule has 0 saturated carbocycles. The molecule has 4 heteroatoms. The zero-order valence-electron chi connectivity index (χ0n) is 9.90. The second-order valence-electron chi connectivity index (χ2n) is 4.16. The molecule has 3 nitrogen and oxygen atoms in total. The Hall–Kier alpha value is -1.68. The van der Waals surface area contributed by atoms with Crippen LogP contribution in [0.5, 0.6) is 0 Å². The number of hydrogen-bond acceptors (Lipinski definition) is 3. The molecule has 90 valence electrons. The topological polar surface area (TPSA) is 38.1 Å². The summed E-state index contributed by atoms with van der Waals surface area (Å²) in [6, 6.07) is 5.62. The third-order valence-corrected chi connectivity index (χ3v) is 2.38.